The zero-order valence-corrected chi connectivity index (χ0v) is 16.0. The Morgan fingerprint density at radius 1 is 1.41 bits per heavy atom. The number of nitrogens with zero attached hydrogens (tertiary/aromatic N) is 3. The van der Waals surface area contributed by atoms with Crippen molar-refractivity contribution in [3.05, 3.63) is 47.1 Å². The Bertz CT molecular complexity index is 956. The summed E-state index contributed by atoms with van der Waals surface area (Å²) in [6.07, 6.45) is 3.08. The van der Waals surface area contributed by atoms with Crippen LogP contribution in [-0.2, 0) is 6.54 Å². The highest BCUT2D eigenvalue weighted by atomic mass is 16.5. The second kappa shape index (κ2) is 7.06. The highest BCUT2D eigenvalue weighted by Crippen LogP contribution is 2.40. The fourth-order valence-corrected chi connectivity index (χ4v) is 3.21. The van der Waals surface area contributed by atoms with Crippen molar-refractivity contribution < 1.29 is 9.32 Å². The summed E-state index contributed by atoms with van der Waals surface area (Å²) in [6.45, 7) is 4.49. The SMILES string of the molecule is CC[C@@H](NC(=O)N(C)Cc1cc(C2CC2)on1)c1nc2ccc(C)cc2[nH]1. The number of benzene rings is 1. The highest BCUT2D eigenvalue weighted by Gasteiger charge is 2.28. The normalized spacial score (nSPS) is 15.1. The molecule has 0 bridgehead atoms. The van der Waals surface area contributed by atoms with Crippen molar-refractivity contribution in [1.82, 2.24) is 25.3 Å². The summed E-state index contributed by atoms with van der Waals surface area (Å²) in [7, 11) is 1.76. The molecule has 142 valence electrons. The highest BCUT2D eigenvalue weighted by molar-refractivity contribution is 5.77. The van der Waals surface area contributed by atoms with E-state index in [0.717, 1.165) is 34.7 Å². The predicted octanol–water partition coefficient (Wildman–Crippen LogP) is 4.03. The van der Waals surface area contributed by atoms with Gasteiger partial charge in [-0.05, 0) is 43.9 Å². The first kappa shape index (κ1) is 17.6. The fraction of sp³-hybridized carbons (Fsp3) is 0.450. The van der Waals surface area contributed by atoms with Gasteiger partial charge in [0.05, 0.1) is 23.6 Å². The molecule has 2 amide bonds. The molecular formula is C20H25N5O2. The number of imidazole rings is 1. The zero-order chi connectivity index (χ0) is 19.0. The Morgan fingerprint density at radius 2 is 2.22 bits per heavy atom. The molecule has 1 aliphatic carbocycles. The Labute approximate surface area is 158 Å². The van der Waals surface area contributed by atoms with Crippen LogP contribution in [0.25, 0.3) is 11.0 Å². The molecule has 1 atom stereocenters. The Morgan fingerprint density at radius 3 is 2.96 bits per heavy atom. The van der Waals surface area contributed by atoms with Crippen LogP contribution >= 0.6 is 0 Å². The van der Waals surface area contributed by atoms with Gasteiger partial charge < -0.3 is 19.7 Å². The van der Waals surface area contributed by atoms with Crippen molar-refractivity contribution in [3.63, 3.8) is 0 Å². The molecule has 2 aromatic heterocycles. The van der Waals surface area contributed by atoms with E-state index in [1.165, 1.54) is 18.4 Å². The number of nitrogens with one attached hydrogen (secondary N) is 2. The number of rotatable bonds is 6. The average Bonchev–Trinajstić information content (AvgIpc) is 3.25. The molecule has 27 heavy (non-hydrogen) atoms. The quantitative estimate of drug-likeness (QED) is 0.689. The molecule has 0 spiro atoms. The summed E-state index contributed by atoms with van der Waals surface area (Å²) in [5.74, 6) is 2.23. The van der Waals surface area contributed by atoms with Gasteiger partial charge in [0, 0.05) is 19.0 Å². The third-order valence-electron chi connectivity index (χ3n) is 4.99. The van der Waals surface area contributed by atoms with E-state index >= 15 is 0 Å². The largest absolute Gasteiger partial charge is 0.361 e. The number of fused-ring (bicyclic) bond motifs is 1. The second-order valence-electron chi connectivity index (χ2n) is 7.40. The number of aromatic amines is 1. The summed E-state index contributed by atoms with van der Waals surface area (Å²) in [5.41, 5.74) is 3.85. The molecule has 2 heterocycles. The number of hydrogen-bond acceptors (Lipinski definition) is 4. The van der Waals surface area contributed by atoms with Crippen LogP contribution in [-0.4, -0.2) is 33.1 Å². The fourth-order valence-electron chi connectivity index (χ4n) is 3.21. The lowest BCUT2D eigenvalue weighted by molar-refractivity contribution is 0.200. The van der Waals surface area contributed by atoms with Crippen LogP contribution < -0.4 is 5.32 Å². The first-order valence-corrected chi connectivity index (χ1v) is 9.47. The van der Waals surface area contributed by atoms with Gasteiger partial charge in [-0.15, -0.1) is 0 Å². The Kier molecular flexibility index (Phi) is 4.59. The third kappa shape index (κ3) is 3.82. The van der Waals surface area contributed by atoms with Crippen LogP contribution in [0, 0.1) is 6.92 Å². The Hall–Kier alpha value is -2.83. The number of aromatic nitrogens is 3. The average molecular weight is 367 g/mol. The standard InChI is InChI=1S/C20H25N5O2/c1-4-15(19-21-16-8-5-12(2)9-17(16)22-19)23-20(26)25(3)11-14-10-18(27-24-14)13-6-7-13/h5,8-10,13,15H,4,6-7,11H2,1-3H3,(H,21,22)(H,23,26)/t15-/m1/s1. The minimum absolute atomic E-state index is 0.158. The molecule has 1 aliphatic rings. The predicted molar refractivity (Wildman–Crippen MR) is 102 cm³/mol. The van der Waals surface area contributed by atoms with E-state index in [1.807, 2.05) is 32.0 Å². The summed E-state index contributed by atoms with van der Waals surface area (Å²) in [4.78, 5) is 22.2. The van der Waals surface area contributed by atoms with Crippen LogP contribution in [0.5, 0.6) is 0 Å². The van der Waals surface area contributed by atoms with E-state index in [-0.39, 0.29) is 12.1 Å². The van der Waals surface area contributed by atoms with Gasteiger partial charge in [-0.25, -0.2) is 9.78 Å². The van der Waals surface area contributed by atoms with Gasteiger partial charge >= 0.3 is 6.03 Å². The molecule has 1 fully saturated rings. The van der Waals surface area contributed by atoms with Crippen molar-refractivity contribution >= 4 is 17.1 Å². The molecule has 3 aromatic rings. The minimum Gasteiger partial charge on any atom is -0.361 e. The molecule has 4 rings (SSSR count). The van der Waals surface area contributed by atoms with E-state index in [4.69, 9.17) is 4.52 Å². The van der Waals surface area contributed by atoms with Gasteiger partial charge in [0.1, 0.15) is 17.3 Å². The number of aryl methyl sites for hydroxylation is 1. The molecule has 0 aliphatic heterocycles. The smallest absolute Gasteiger partial charge is 0.318 e. The molecular weight excluding hydrogens is 342 g/mol. The lowest BCUT2D eigenvalue weighted by Gasteiger charge is -2.21. The van der Waals surface area contributed by atoms with Crippen molar-refractivity contribution in [2.75, 3.05) is 7.05 Å². The van der Waals surface area contributed by atoms with Gasteiger partial charge in [-0.2, -0.15) is 0 Å². The topological polar surface area (TPSA) is 87.1 Å². The molecule has 0 radical (unpaired) electrons. The maximum absolute atomic E-state index is 12.6. The lowest BCUT2D eigenvalue weighted by Crippen LogP contribution is -2.39. The molecule has 0 saturated heterocycles. The number of urea groups is 1. The number of hydrogen-bond donors (Lipinski definition) is 2. The minimum atomic E-state index is -0.174. The van der Waals surface area contributed by atoms with E-state index in [9.17, 15) is 4.79 Å². The first-order valence-electron chi connectivity index (χ1n) is 9.47. The van der Waals surface area contributed by atoms with Crippen molar-refractivity contribution in [1.29, 1.82) is 0 Å². The number of H-pyrrole nitrogens is 1. The van der Waals surface area contributed by atoms with E-state index < -0.39 is 0 Å². The molecule has 1 saturated carbocycles. The summed E-state index contributed by atoms with van der Waals surface area (Å²) < 4.78 is 5.36. The van der Waals surface area contributed by atoms with Crippen LogP contribution in [0.3, 0.4) is 0 Å². The van der Waals surface area contributed by atoms with Gasteiger partial charge in [-0.3, -0.25) is 0 Å². The van der Waals surface area contributed by atoms with E-state index in [1.54, 1.807) is 11.9 Å². The number of amides is 2. The Balaban J connectivity index is 1.42. The zero-order valence-electron chi connectivity index (χ0n) is 16.0. The monoisotopic (exact) mass is 367 g/mol. The van der Waals surface area contributed by atoms with Crippen molar-refractivity contribution in [3.8, 4) is 0 Å². The third-order valence-corrected chi connectivity index (χ3v) is 4.99. The summed E-state index contributed by atoms with van der Waals surface area (Å²) in [6, 6.07) is 7.72. The molecule has 0 unspecified atom stereocenters. The molecule has 7 heteroatoms. The maximum Gasteiger partial charge on any atom is 0.318 e. The van der Waals surface area contributed by atoms with Crippen LogP contribution in [0.15, 0.2) is 28.8 Å². The maximum atomic E-state index is 12.6. The number of carbonyl (C=O) groups excluding carboxylic acids is 1. The van der Waals surface area contributed by atoms with Crippen molar-refractivity contribution in [2.24, 2.45) is 0 Å². The molecule has 7 nitrogen and oxygen atoms in total. The van der Waals surface area contributed by atoms with E-state index in [0.29, 0.717) is 12.5 Å². The van der Waals surface area contributed by atoms with Gasteiger partial charge in [-0.1, -0.05) is 18.1 Å². The van der Waals surface area contributed by atoms with E-state index in [2.05, 4.69) is 26.5 Å². The van der Waals surface area contributed by atoms with Crippen LogP contribution in [0.1, 0.15) is 61.0 Å². The van der Waals surface area contributed by atoms with Gasteiger partial charge in [0.15, 0.2) is 0 Å². The number of carbonyl (C=O) groups is 1. The van der Waals surface area contributed by atoms with Gasteiger partial charge in [0.2, 0.25) is 0 Å². The summed E-state index contributed by atoms with van der Waals surface area (Å²) in [5, 5.41) is 7.13. The first-order chi connectivity index (χ1) is 13.0. The molecule has 1 aromatic carbocycles. The van der Waals surface area contributed by atoms with Gasteiger partial charge in [0.25, 0.3) is 0 Å². The molecule has 2 N–H and O–H groups in total. The van der Waals surface area contributed by atoms with Crippen LogP contribution in [0.2, 0.25) is 0 Å². The second-order valence-corrected chi connectivity index (χ2v) is 7.40. The van der Waals surface area contributed by atoms with Crippen LogP contribution in [0.4, 0.5) is 4.79 Å². The lowest BCUT2D eigenvalue weighted by atomic mass is 10.2. The van der Waals surface area contributed by atoms with Crippen molar-refractivity contribution in [2.45, 2.75) is 51.6 Å². The summed E-state index contributed by atoms with van der Waals surface area (Å²) >= 11 is 0.